The first-order valence-electron chi connectivity index (χ1n) is 6.66. The lowest BCUT2D eigenvalue weighted by atomic mass is 10.2. The van der Waals surface area contributed by atoms with Crippen molar-refractivity contribution in [3.8, 4) is 0 Å². The highest BCUT2D eigenvalue weighted by atomic mass is 32.2. The van der Waals surface area contributed by atoms with Gasteiger partial charge in [0, 0.05) is 39.9 Å². The molecule has 114 valence electrons. The Kier molecular flexibility index (Phi) is 4.95. The highest BCUT2D eigenvalue weighted by Gasteiger charge is 2.17. The van der Waals surface area contributed by atoms with Crippen LogP contribution in [0, 0.1) is 6.92 Å². The minimum Gasteiger partial charge on any atom is -0.397 e. The molecule has 0 aliphatic heterocycles. The number of carbonyl (C=O) groups is 1. The van der Waals surface area contributed by atoms with E-state index >= 15 is 0 Å². The van der Waals surface area contributed by atoms with Crippen LogP contribution in [-0.2, 0) is 10.8 Å². The Bertz CT molecular complexity index is 697. The van der Waals surface area contributed by atoms with Crippen LogP contribution in [0.15, 0.2) is 12.1 Å². The monoisotopic (exact) mass is 325 g/mol. The summed E-state index contributed by atoms with van der Waals surface area (Å²) in [6.07, 6.45) is 2.35. The SMILES string of the molecule is Cc1ccc2c(N)c(C(=O)NCCC(C)S(C)=O)sc2n1. The van der Waals surface area contributed by atoms with E-state index in [1.165, 1.54) is 11.3 Å². The van der Waals surface area contributed by atoms with E-state index < -0.39 is 10.8 Å². The van der Waals surface area contributed by atoms with E-state index in [2.05, 4.69) is 10.3 Å². The van der Waals surface area contributed by atoms with Gasteiger partial charge < -0.3 is 11.1 Å². The molecular formula is C14H19N3O2S2. The van der Waals surface area contributed by atoms with Crippen LogP contribution in [0.4, 0.5) is 5.69 Å². The molecular weight excluding hydrogens is 306 g/mol. The average molecular weight is 325 g/mol. The van der Waals surface area contributed by atoms with Crippen molar-refractivity contribution in [2.45, 2.75) is 25.5 Å². The number of anilines is 1. The van der Waals surface area contributed by atoms with E-state index in [-0.39, 0.29) is 11.2 Å². The van der Waals surface area contributed by atoms with Crippen molar-refractivity contribution in [1.29, 1.82) is 0 Å². The number of hydrogen-bond acceptors (Lipinski definition) is 5. The number of aryl methyl sites for hydroxylation is 1. The van der Waals surface area contributed by atoms with E-state index in [1.807, 2.05) is 26.0 Å². The quantitative estimate of drug-likeness (QED) is 0.881. The standard InChI is InChI=1S/C14H19N3O2S2/c1-8-4-5-10-11(15)12(20-14(10)17-8)13(18)16-7-6-9(2)21(3)19/h4-5,9H,6-7,15H2,1-3H3,(H,16,18). The third kappa shape index (κ3) is 3.59. The number of thiophene rings is 1. The van der Waals surface area contributed by atoms with Crippen LogP contribution < -0.4 is 11.1 Å². The second-order valence-corrected chi connectivity index (χ2v) is 7.80. The number of hydrogen-bond donors (Lipinski definition) is 2. The van der Waals surface area contributed by atoms with Gasteiger partial charge >= 0.3 is 0 Å². The summed E-state index contributed by atoms with van der Waals surface area (Å²) in [5.74, 6) is -0.192. The topological polar surface area (TPSA) is 85.1 Å². The lowest BCUT2D eigenvalue weighted by Gasteiger charge is -2.08. The molecule has 0 radical (unpaired) electrons. The number of rotatable bonds is 5. The number of carbonyl (C=O) groups excluding carboxylic acids is 1. The van der Waals surface area contributed by atoms with E-state index in [0.717, 1.165) is 15.9 Å². The fraction of sp³-hybridized carbons (Fsp3) is 0.429. The third-order valence-corrected chi connectivity index (χ3v) is 5.83. The summed E-state index contributed by atoms with van der Waals surface area (Å²) in [6.45, 7) is 4.30. The summed E-state index contributed by atoms with van der Waals surface area (Å²) >= 11 is 1.30. The van der Waals surface area contributed by atoms with Crippen molar-refractivity contribution in [1.82, 2.24) is 10.3 Å². The molecule has 3 N–H and O–H groups in total. The molecule has 2 unspecified atom stereocenters. The van der Waals surface area contributed by atoms with Crippen molar-refractivity contribution in [3.05, 3.63) is 22.7 Å². The van der Waals surface area contributed by atoms with Gasteiger partial charge in [0.25, 0.3) is 5.91 Å². The van der Waals surface area contributed by atoms with E-state index in [4.69, 9.17) is 5.73 Å². The molecule has 5 nitrogen and oxygen atoms in total. The van der Waals surface area contributed by atoms with Crippen molar-refractivity contribution < 1.29 is 9.00 Å². The van der Waals surface area contributed by atoms with Gasteiger partial charge in [-0.05, 0) is 25.5 Å². The Hall–Kier alpha value is -1.47. The molecule has 0 aliphatic carbocycles. The zero-order valence-electron chi connectivity index (χ0n) is 12.3. The number of nitrogens with two attached hydrogens (primary N) is 1. The Balaban J connectivity index is 2.09. The molecule has 0 fully saturated rings. The molecule has 0 aromatic carbocycles. The van der Waals surface area contributed by atoms with Crippen LogP contribution in [0.1, 0.15) is 28.7 Å². The number of aromatic nitrogens is 1. The number of nitrogens with zero attached hydrogens (tertiary/aromatic N) is 1. The van der Waals surface area contributed by atoms with Crippen molar-refractivity contribution in [3.63, 3.8) is 0 Å². The highest BCUT2D eigenvalue weighted by Crippen LogP contribution is 2.32. The first kappa shape index (κ1) is 15.9. The van der Waals surface area contributed by atoms with Gasteiger partial charge in [-0.3, -0.25) is 9.00 Å². The molecule has 2 atom stereocenters. The predicted molar refractivity (Wildman–Crippen MR) is 89.2 cm³/mol. The smallest absolute Gasteiger partial charge is 0.263 e. The molecule has 0 saturated carbocycles. The number of amides is 1. The molecule has 2 aromatic heterocycles. The van der Waals surface area contributed by atoms with Crippen molar-refractivity contribution in [2.75, 3.05) is 18.5 Å². The largest absolute Gasteiger partial charge is 0.397 e. The van der Waals surface area contributed by atoms with E-state index in [1.54, 1.807) is 6.26 Å². The zero-order chi connectivity index (χ0) is 15.6. The summed E-state index contributed by atoms with van der Waals surface area (Å²) in [6, 6.07) is 3.77. The minimum absolute atomic E-state index is 0.0642. The predicted octanol–water partition coefficient (Wildman–Crippen LogP) is 2.07. The Morgan fingerprint density at radius 1 is 1.52 bits per heavy atom. The first-order valence-corrected chi connectivity index (χ1v) is 9.10. The average Bonchev–Trinajstić information content (AvgIpc) is 2.75. The summed E-state index contributed by atoms with van der Waals surface area (Å²) in [4.78, 5) is 17.8. The van der Waals surface area contributed by atoms with Crippen LogP contribution in [-0.4, -0.2) is 33.2 Å². The van der Waals surface area contributed by atoms with Gasteiger partial charge in [-0.1, -0.05) is 6.92 Å². The van der Waals surface area contributed by atoms with E-state index in [9.17, 15) is 9.00 Å². The molecule has 0 bridgehead atoms. The Morgan fingerprint density at radius 3 is 2.90 bits per heavy atom. The summed E-state index contributed by atoms with van der Waals surface area (Å²) in [5, 5.41) is 3.71. The number of fused-ring (bicyclic) bond motifs is 1. The second-order valence-electron chi connectivity index (χ2n) is 5.00. The summed E-state index contributed by atoms with van der Waals surface area (Å²) in [7, 11) is -0.872. The maximum Gasteiger partial charge on any atom is 0.263 e. The van der Waals surface area contributed by atoms with Crippen molar-refractivity contribution >= 4 is 43.9 Å². The molecule has 0 saturated heterocycles. The minimum atomic E-state index is -0.872. The van der Waals surface area contributed by atoms with Crippen molar-refractivity contribution in [2.24, 2.45) is 0 Å². The van der Waals surface area contributed by atoms with Gasteiger partial charge in [-0.25, -0.2) is 4.98 Å². The highest BCUT2D eigenvalue weighted by molar-refractivity contribution is 7.84. The maximum absolute atomic E-state index is 12.2. The molecule has 21 heavy (non-hydrogen) atoms. The number of pyridine rings is 1. The first-order chi connectivity index (χ1) is 9.90. The molecule has 2 aromatic rings. The lowest BCUT2D eigenvalue weighted by molar-refractivity contribution is 0.0958. The number of nitrogen functional groups attached to an aromatic ring is 1. The molecule has 0 aliphatic rings. The Morgan fingerprint density at radius 2 is 2.24 bits per heavy atom. The summed E-state index contributed by atoms with van der Waals surface area (Å²) < 4.78 is 11.3. The Labute approximate surface area is 130 Å². The van der Waals surface area contributed by atoms with Gasteiger partial charge in [0.15, 0.2) is 0 Å². The van der Waals surface area contributed by atoms with Gasteiger partial charge in [-0.15, -0.1) is 11.3 Å². The van der Waals surface area contributed by atoms with Crippen LogP contribution >= 0.6 is 11.3 Å². The van der Waals surface area contributed by atoms with Gasteiger partial charge in [0.1, 0.15) is 9.71 Å². The van der Waals surface area contributed by atoms with Crippen LogP contribution in [0.2, 0.25) is 0 Å². The summed E-state index contributed by atoms with van der Waals surface area (Å²) in [5.41, 5.74) is 7.41. The molecule has 2 rings (SSSR count). The van der Waals surface area contributed by atoms with Gasteiger partial charge in [0.2, 0.25) is 0 Å². The normalized spacial score (nSPS) is 14.0. The zero-order valence-corrected chi connectivity index (χ0v) is 13.9. The maximum atomic E-state index is 12.2. The lowest BCUT2D eigenvalue weighted by Crippen LogP contribution is -2.27. The molecule has 7 heteroatoms. The van der Waals surface area contributed by atoms with Crippen LogP contribution in [0.25, 0.3) is 10.2 Å². The molecule has 1 amide bonds. The van der Waals surface area contributed by atoms with Crippen LogP contribution in [0.3, 0.4) is 0 Å². The second kappa shape index (κ2) is 6.53. The third-order valence-electron chi connectivity index (χ3n) is 3.34. The fourth-order valence-electron chi connectivity index (χ4n) is 1.89. The number of nitrogens with one attached hydrogen (secondary N) is 1. The molecule has 0 spiro atoms. The molecule has 2 heterocycles. The van der Waals surface area contributed by atoms with E-state index in [0.29, 0.717) is 23.5 Å². The van der Waals surface area contributed by atoms with Gasteiger partial charge in [0.05, 0.1) is 5.69 Å². The van der Waals surface area contributed by atoms with Gasteiger partial charge in [-0.2, -0.15) is 0 Å². The van der Waals surface area contributed by atoms with Crippen LogP contribution in [0.5, 0.6) is 0 Å². The fourth-order valence-corrected chi connectivity index (χ4v) is 3.40.